The monoisotopic (exact) mass is 321 g/mol. The minimum Gasteiger partial charge on any atom is -0.321 e. The Morgan fingerprint density at radius 3 is 2.53 bits per heavy atom. The van der Waals surface area contributed by atoms with Crippen molar-refractivity contribution in [2.45, 2.75) is 20.8 Å². The lowest BCUT2D eigenvalue weighted by Gasteiger charge is -2.11. The first-order chi connectivity index (χ1) is 8.88. The van der Waals surface area contributed by atoms with Gasteiger partial charge in [-0.1, -0.05) is 6.07 Å². The second-order valence-corrected chi connectivity index (χ2v) is 5.55. The van der Waals surface area contributed by atoms with Gasteiger partial charge in [-0.15, -0.1) is 0 Å². The number of nitrogens with one attached hydrogen (secondary N) is 1. The van der Waals surface area contributed by atoms with Gasteiger partial charge in [0.25, 0.3) is 5.91 Å². The third-order valence-electron chi connectivity index (χ3n) is 2.93. The summed E-state index contributed by atoms with van der Waals surface area (Å²) in [6.07, 6.45) is 1.72. The number of carbonyl (C=O) groups excluding carboxylic acids is 1. The molecule has 1 aromatic carbocycles. The first-order valence-electron chi connectivity index (χ1n) is 5.97. The van der Waals surface area contributed by atoms with Crippen molar-refractivity contribution in [3.63, 3.8) is 0 Å². The van der Waals surface area contributed by atoms with Crippen LogP contribution in [0.4, 0.5) is 5.69 Å². The standard InChI is InChI=1S/C14H16BrN3O/c1-8-5-9(2)13(12(15)6-8)16-14(19)11-7-18(4)17-10(11)3/h5-7H,1-4H3,(H,16,19). The maximum atomic E-state index is 12.3. The minimum atomic E-state index is -0.141. The molecule has 4 nitrogen and oxygen atoms in total. The van der Waals surface area contributed by atoms with E-state index in [0.29, 0.717) is 5.56 Å². The van der Waals surface area contributed by atoms with Crippen LogP contribution in [0.15, 0.2) is 22.8 Å². The van der Waals surface area contributed by atoms with Gasteiger partial charge >= 0.3 is 0 Å². The second-order valence-electron chi connectivity index (χ2n) is 4.69. The SMILES string of the molecule is Cc1cc(C)c(NC(=O)c2cn(C)nc2C)c(Br)c1. The molecule has 0 radical (unpaired) electrons. The highest BCUT2D eigenvalue weighted by Gasteiger charge is 2.15. The van der Waals surface area contributed by atoms with Crippen LogP contribution < -0.4 is 5.32 Å². The van der Waals surface area contributed by atoms with E-state index in [4.69, 9.17) is 0 Å². The van der Waals surface area contributed by atoms with E-state index in [1.165, 1.54) is 0 Å². The van der Waals surface area contributed by atoms with Crippen molar-refractivity contribution in [3.05, 3.63) is 45.2 Å². The predicted molar refractivity (Wildman–Crippen MR) is 79.5 cm³/mol. The van der Waals surface area contributed by atoms with E-state index in [-0.39, 0.29) is 5.91 Å². The Morgan fingerprint density at radius 1 is 1.32 bits per heavy atom. The summed E-state index contributed by atoms with van der Waals surface area (Å²) >= 11 is 3.49. The number of nitrogens with zero attached hydrogens (tertiary/aromatic N) is 2. The molecule has 0 aliphatic heterocycles. The van der Waals surface area contributed by atoms with Crippen molar-refractivity contribution in [1.29, 1.82) is 0 Å². The van der Waals surface area contributed by atoms with Gasteiger partial charge in [0, 0.05) is 17.7 Å². The average Bonchev–Trinajstić information content (AvgIpc) is 2.62. The van der Waals surface area contributed by atoms with Crippen molar-refractivity contribution in [1.82, 2.24) is 9.78 Å². The van der Waals surface area contributed by atoms with Gasteiger partial charge < -0.3 is 5.32 Å². The summed E-state index contributed by atoms with van der Waals surface area (Å²) in [4.78, 5) is 12.3. The Bertz CT molecular complexity index is 623. The largest absolute Gasteiger partial charge is 0.321 e. The van der Waals surface area contributed by atoms with E-state index < -0.39 is 0 Å². The maximum absolute atomic E-state index is 12.3. The van der Waals surface area contributed by atoms with Crippen molar-refractivity contribution in [3.8, 4) is 0 Å². The molecule has 1 aromatic heterocycles. The zero-order valence-electron chi connectivity index (χ0n) is 11.4. The van der Waals surface area contributed by atoms with E-state index in [2.05, 4.69) is 26.3 Å². The van der Waals surface area contributed by atoms with Crippen LogP contribution in [0.2, 0.25) is 0 Å². The Hall–Kier alpha value is -1.62. The summed E-state index contributed by atoms with van der Waals surface area (Å²) in [5.41, 5.74) is 4.30. The quantitative estimate of drug-likeness (QED) is 0.921. The molecule has 0 atom stereocenters. The van der Waals surface area contributed by atoms with Gasteiger partial charge in [-0.3, -0.25) is 9.48 Å². The lowest BCUT2D eigenvalue weighted by Crippen LogP contribution is -2.13. The van der Waals surface area contributed by atoms with Gasteiger partial charge in [-0.2, -0.15) is 5.10 Å². The Labute approximate surface area is 120 Å². The van der Waals surface area contributed by atoms with Crippen LogP contribution in [0, 0.1) is 20.8 Å². The third kappa shape index (κ3) is 2.87. The topological polar surface area (TPSA) is 46.9 Å². The summed E-state index contributed by atoms with van der Waals surface area (Å²) in [7, 11) is 1.80. The van der Waals surface area contributed by atoms with Crippen LogP contribution in [-0.2, 0) is 7.05 Å². The molecule has 1 N–H and O–H groups in total. The fourth-order valence-corrected chi connectivity index (χ4v) is 2.85. The molecule has 0 aliphatic carbocycles. The number of halogens is 1. The smallest absolute Gasteiger partial charge is 0.259 e. The molecular weight excluding hydrogens is 306 g/mol. The predicted octanol–water partition coefficient (Wildman–Crippen LogP) is 3.36. The van der Waals surface area contributed by atoms with Crippen LogP contribution in [0.1, 0.15) is 27.2 Å². The normalized spacial score (nSPS) is 10.6. The molecule has 2 rings (SSSR count). The van der Waals surface area contributed by atoms with Crippen LogP contribution in [0.3, 0.4) is 0 Å². The number of hydrogen-bond donors (Lipinski definition) is 1. The molecule has 0 saturated carbocycles. The summed E-state index contributed by atoms with van der Waals surface area (Å²) in [6, 6.07) is 4.02. The molecule has 0 bridgehead atoms. The van der Waals surface area contributed by atoms with Gasteiger partial charge in [-0.05, 0) is 53.9 Å². The maximum Gasteiger partial charge on any atom is 0.259 e. The summed E-state index contributed by atoms with van der Waals surface area (Å²) in [6.45, 7) is 5.82. The summed E-state index contributed by atoms with van der Waals surface area (Å²) in [5.74, 6) is -0.141. The lowest BCUT2D eigenvalue weighted by atomic mass is 10.1. The Kier molecular flexibility index (Phi) is 3.75. The number of rotatable bonds is 2. The molecule has 19 heavy (non-hydrogen) atoms. The number of carbonyl (C=O) groups is 1. The molecule has 0 unspecified atom stereocenters. The number of hydrogen-bond acceptors (Lipinski definition) is 2. The minimum absolute atomic E-state index is 0.141. The van der Waals surface area contributed by atoms with Crippen molar-refractivity contribution in [2.24, 2.45) is 7.05 Å². The highest BCUT2D eigenvalue weighted by molar-refractivity contribution is 9.10. The van der Waals surface area contributed by atoms with E-state index in [0.717, 1.165) is 27.0 Å². The molecule has 0 fully saturated rings. The number of anilines is 1. The fraction of sp³-hybridized carbons (Fsp3) is 0.286. The highest BCUT2D eigenvalue weighted by Crippen LogP contribution is 2.28. The number of aromatic nitrogens is 2. The Balaban J connectivity index is 2.32. The third-order valence-corrected chi connectivity index (χ3v) is 3.55. The van der Waals surface area contributed by atoms with Crippen molar-refractivity contribution < 1.29 is 4.79 Å². The first-order valence-corrected chi connectivity index (χ1v) is 6.76. The van der Waals surface area contributed by atoms with E-state index >= 15 is 0 Å². The summed E-state index contributed by atoms with van der Waals surface area (Å²) < 4.78 is 2.53. The van der Waals surface area contributed by atoms with Gasteiger partial charge in [0.2, 0.25) is 0 Å². The molecule has 0 saturated heterocycles. The van der Waals surface area contributed by atoms with E-state index in [1.807, 2.05) is 32.9 Å². The molecule has 100 valence electrons. The molecule has 1 amide bonds. The second kappa shape index (κ2) is 5.17. The molecule has 1 heterocycles. The highest BCUT2D eigenvalue weighted by atomic mass is 79.9. The zero-order chi connectivity index (χ0) is 14.2. The van der Waals surface area contributed by atoms with Gasteiger partial charge in [0.15, 0.2) is 0 Å². The molecule has 0 spiro atoms. The van der Waals surface area contributed by atoms with Crippen LogP contribution in [0.5, 0.6) is 0 Å². The molecule has 5 heteroatoms. The number of amides is 1. The molecular formula is C14H16BrN3O. The number of benzene rings is 1. The number of aryl methyl sites for hydroxylation is 4. The van der Waals surface area contributed by atoms with E-state index in [9.17, 15) is 4.79 Å². The molecule has 2 aromatic rings. The van der Waals surface area contributed by atoms with Gasteiger partial charge in [0.1, 0.15) is 0 Å². The lowest BCUT2D eigenvalue weighted by molar-refractivity contribution is 0.102. The Morgan fingerprint density at radius 2 is 2.00 bits per heavy atom. The van der Waals surface area contributed by atoms with Gasteiger partial charge in [0.05, 0.1) is 16.9 Å². The summed E-state index contributed by atoms with van der Waals surface area (Å²) in [5, 5.41) is 7.11. The van der Waals surface area contributed by atoms with Crippen LogP contribution >= 0.6 is 15.9 Å². The van der Waals surface area contributed by atoms with Gasteiger partial charge in [-0.25, -0.2) is 0 Å². The molecule has 0 aliphatic rings. The first kappa shape index (κ1) is 13.8. The van der Waals surface area contributed by atoms with Crippen molar-refractivity contribution >= 4 is 27.5 Å². The van der Waals surface area contributed by atoms with Crippen molar-refractivity contribution in [2.75, 3.05) is 5.32 Å². The average molecular weight is 322 g/mol. The van der Waals surface area contributed by atoms with Crippen LogP contribution in [0.25, 0.3) is 0 Å². The zero-order valence-corrected chi connectivity index (χ0v) is 13.0. The fourth-order valence-electron chi connectivity index (χ4n) is 2.08. The van der Waals surface area contributed by atoms with Crippen LogP contribution in [-0.4, -0.2) is 15.7 Å². The van der Waals surface area contributed by atoms with E-state index in [1.54, 1.807) is 17.9 Å².